The highest BCUT2D eigenvalue weighted by molar-refractivity contribution is 5.95. The van der Waals surface area contributed by atoms with Gasteiger partial charge in [0, 0.05) is 24.7 Å². The molecule has 0 atom stereocenters. The third-order valence-corrected chi connectivity index (χ3v) is 4.46. The number of carbonyl (C=O) groups excluding carboxylic acids is 1. The summed E-state index contributed by atoms with van der Waals surface area (Å²) in [5.41, 5.74) is 8.02. The highest BCUT2D eigenvalue weighted by Crippen LogP contribution is 2.21. The number of nitrogens with one attached hydrogen (secondary N) is 1. The Morgan fingerprint density at radius 1 is 1.23 bits per heavy atom. The van der Waals surface area contributed by atoms with Crippen molar-refractivity contribution in [2.24, 2.45) is 10.7 Å². The zero-order valence-electron chi connectivity index (χ0n) is 12.9. The average Bonchev–Trinajstić information content (AvgIpc) is 3.17. The van der Waals surface area contributed by atoms with Gasteiger partial charge in [0.05, 0.1) is 6.54 Å². The van der Waals surface area contributed by atoms with E-state index >= 15 is 0 Å². The normalized spacial score (nSPS) is 19.9. The molecule has 1 amide bonds. The smallest absolute Gasteiger partial charge is 0.227 e. The van der Waals surface area contributed by atoms with E-state index in [9.17, 15) is 4.79 Å². The number of aliphatic imine (C=N–C) groups is 1. The number of amides is 1. The van der Waals surface area contributed by atoms with Crippen molar-refractivity contribution >= 4 is 17.6 Å². The lowest BCUT2D eigenvalue weighted by Crippen LogP contribution is -2.38. The molecule has 1 saturated carbocycles. The molecule has 1 aromatic rings. The molecule has 0 spiro atoms. The van der Waals surface area contributed by atoms with Gasteiger partial charge in [-0.1, -0.05) is 25.0 Å². The first-order valence-corrected chi connectivity index (χ1v) is 8.18. The minimum absolute atomic E-state index is 0.218. The minimum atomic E-state index is 0.218. The molecule has 118 valence electrons. The van der Waals surface area contributed by atoms with Gasteiger partial charge in [0.1, 0.15) is 0 Å². The highest BCUT2D eigenvalue weighted by Gasteiger charge is 2.21. The predicted molar refractivity (Wildman–Crippen MR) is 88.7 cm³/mol. The maximum absolute atomic E-state index is 11.7. The van der Waals surface area contributed by atoms with Crippen molar-refractivity contribution in [2.45, 2.75) is 51.1 Å². The first-order chi connectivity index (χ1) is 10.7. The van der Waals surface area contributed by atoms with Crippen LogP contribution in [-0.2, 0) is 11.3 Å². The molecule has 1 saturated heterocycles. The van der Waals surface area contributed by atoms with Crippen LogP contribution >= 0.6 is 0 Å². The molecule has 0 aromatic heterocycles. The van der Waals surface area contributed by atoms with Crippen molar-refractivity contribution in [1.82, 2.24) is 5.32 Å². The van der Waals surface area contributed by atoms with Crippen LogP contribution < -0.4 is 16.0 Å². The van der Waals surface area contributed by atoms with Crippen molar-refractivity contribution < 1.29 is 4.79 Å². The van der Waals surface area contributed by atoms with E-state index in [0.717, 1.165) is 24.2 Å². The van der Waals surface area contributed by atoms with Crippen LogP contribution in [0.25, 0.3) is 0 Å². The van der Waals surface area contributed by atoms with Gasteiger partial charge in [0.2, 0.25) is 5.91 Å². The fourth-order valence-electron chi connectivity index (χ4n) is 3.20. The number of rotatable bonds is 4. The maximum atomic E-state index is 11.7. The molecule has 1 heterocycles. The fourth-order valence-corrected chi connectivity index (χ4v) is 3.20. The second-order valence-corrected chi connectivity index (χ2v) is 6.14. The maximum Gasteiger partial charge on any atom is 0.227 e. The Labute approximate surface area is 131 Å². The van der Waals surface area contributed by atoms with E-state index in [1.54, 1.807) is 0 Å². The third-order valence-electron chi connectivity index (χ3n) is 4.46. The van der Waals surface area contributed by atoms with Crippen molar-refractivity contribution in [3.63, 3.8) is 0 Å². The molecule has 1 aliphatic heterocycles. The van der Waals surface area contributed by atoms with Gasteiger partial charge in [0.15, 0.2) is 5.96 Å². The summed E-state index contributed by atoms with van der Waals surface area (Å²) in [5, 5.41) is 3.29. The molecule has 1 aliphatic carbocycles. The number of anilines is 1. The average molecular weight is 300 g/mol. The number of hydrogen-bond donors (Lipinski definition) is 2. The first-order valence-electron chi connectivity index (χ1n) is 8.18. The number of benzene rings is 1. The monoisotopic (exact) mass is 300 g/mol. The predicted octanol–water partition coefficient (Wildman–Crippen LogP) is 2.16. The molecular weight excluding hydrogens is 276 g/mol. The van der Waals surface area contributed by atoms with Crippen LogP contribution in [0.1, 0.15) is 44.1 Å². The van der Waals surface area contributed by atoms with Crippen LogP contribution in [0, 0.1) is 0 Å². The molecule has 5 nitrogen and oxygen atoms in total. The van der Waals surface area contributed by atoms with E-state index in [4.69, 9.17) is 5.73 Å². The minimum Gasteiger partial charge on any atom is -0.370 e. The molecule has 3 rings (SSSR count). The van der Waals surface area contributed by atoms with Gasteiger partial charge in [-0.05, 0) is 37.0 Å². The Kier molecular flexibility index (Phi) is 4.61. The summed E-state index contributed by atoms with van der Waals surface area (Å²) in [6.07, 6.45) is 6.55. The summed E-state index contributed by atoms with van der Waals surface area (Å²) in [7, 11) is 0. The zero-order chi connectivity index (χ0) is 15.4. The van der Waals surface area contributed by atoms with Gasteiger partial charge >= 0.3 is 0 Å². The number of hydrogen-bond acceptors (Lipinski definition) is 2. The van der Waals surface area contributed by atoms with E-state index in [-0.39, 0.29) is 5.91 Å². The Hall–Kier alpha value is -2.04. The Bertz CT molecular complexity index is 546. The number of guanidine groups is 1. The lowest BCUT2D eigenvalue weighted by Gasteiger charge is -2.15. The van der Waals surface area contributed by atoms with Gasteiger partial charge in [-0.15, -0.1) is 0 Å². The Balaban J connectivity index is 1.55. The third kappa shape index (κ3) is 3.59. The van der Waals surface area contributed by atoms with E-state index in [0.29, 0.717) is 25.0 Å². The summed E-state index contributed by atoms with van der Waals surface area (Å²) < 4.78 is 0. The van der Waals surface area contributed by atoms with Crippen molar-refractivity contribution in [2.75, 3.05) is 11.4 Å². The lowest BCUT2D eigenvalue weighted by molar-refractivity contribution is -0.117. The van der Waals surface area contributed by atoms with Gasteiger partial charge in [-0.25, -0.2) is 4.99 Å². The number of carbonyl (C=O) groups is 1. The van der Waals surface area contributed by atoms with E-state index in [1.165, 1.54) is 25.7 Å². The Morgan fingerprint density at radius 2 is 1.95 bits per heavy atom. The van der Waals surface area contributed by atoms with Gasteiger partial charge in [-0.3, -0.25) is 4.79 Å². The zero-order valence-corrected chi connectivity index (χ0v) is 12.9. The molecular formula is C17H24N4O. The molecule has 1 aromatic carbocycles. The Morgan fingerprint density at radius 3 is 2.59 bits per heavy atom. The van der Waals surface area contributed by atoms with Crippen LogP contribution in [0.15, 0.2) is 29.3 Å². The molecule has 0 radical (unpaired) electrons. The molecule has 3 N–H and O–H groups in total. The van der Waals surface area contributed by atoms with Crippen LogP contribution in [0.2, 0.25) is 0 Å². The van der Waals surface area contributed by atoms with Crippen LogP contribution in [0.4, 0.5) is 5.69 Å². The van der Waals surface area contributed by atoms with Gasteiger partial charge in [-0.2, -0.15) is 0 Å². The highest BCUT2D eigenvalue weighted by atomic mass is 16.2. The molecule has 5 heteroatoms. The van der Waals surface area contributed by atoms with Gasteiger partial charge in [0.25, 0.3) is 0 Å². The lowest BCUT2D eigenvalue weighted by atomic mass is 10.2. The standard InChI is InChI=1S/C17H24N4O/c18-17(20-14-4-1-2-5-14)19-12-13-7-9-15(10-8-13)21-11-3-6-16(21)22/h7-10,14H,1-6,11-12H2,(H3,18,19,20). The summed E-state index contributed by atoms with van der Waals surface area (Å²) in [6.45, 7) is 1.40. The number of nitrogens with zero attached hydrogens (tertiary/aromatic N) is 2. The van der Waals surface area contributed by atoms with Gasteiger partial charge < -0.3 is 16.0 Å². The van der Waals surface area contributed by atoms with Crippen LogP contribution in [-0.4, -0.2) is 24.5 Å². The molecule has 0 bridgehead atoms. The van der Waals surface area contributed by atoms with E-state index < -0.39 is 0 Å². The van der Waals surface area contributed by atoms with Crippen LogP contribution in [0.3, 0.4) is 0 Å². The summed E-state index contributed by atoms with van der Waals surface area (Å²) in [5.74, 6) is 0.751. The summed E-state index contributed by atoms with van der Waals surface area (Å²) in [4.78, 5) is 18.0. The first kappa shape index (κ1) is 14.9. The fraction of sp³-hybridized carbons (Fsp3) is 0.529. The van der Waals surface area contributed by atoms with Crippen molar-refractivity contribution in [1.29, 1.82) is 0 Å². The second-order valence-electron chi connectivity index (χ2n) is 6.14. The molecule has 0 unspecified atom stereocenters. The van der Waals surface area contributed by atoms with E-state index in [2.05, 4.69) is 10.3 Å². The SMILES string of the molecule is NC(=NCc1ccc(N2CCCC2=O)cc1)NC1CCCC1. The quantitative estimate of drug-likeness (QED) is 0.661. The second kappa shape index (κ2) is 6.81. The summed E-state index contributed by atoms with van der Waals surface area (Å²) in [6, 6.07) is 8.52. The summed E-state index contributed by atoms with van der Waals surface area (Å²) >= 11 is 0. The van der Waals surface area contributed by atoms with Crippen molar-refractivity contribution in [3.05, 3.63) is 29.8 Å². The van der Waals surface area contributed by atoms with Crippen LogP contribution in [0.5, 0.6) is 0 Å². The largest absolute Gasteiger partial charge is 0.370 e. The topological polar surface area (TPSA) is 70.7 Å². The number of nitrogens with two attached hydrogens (primary N) is 1. The van der Waals surface area contributed by atoms with Crippen molar-refractivity contribution in [3.8, 4) is 0 Å². The van der Waals surface area contributed by atoms with E-state index in [1.807, 2.05) is 29.2 Å². The molecule has 2 aliphatic rings. The molecule has 22 heavy (non-hydrogen) atoms. The molecule has 2 fully saturated rings.